The molecule has 1 atom stereocenters. The number of benzene rings is 1. The van der Waals surface area contributed by atoms with E-state index in [0.29, 0.717) is 22.3 Å². The van der Waals surface area contributed by atoms with Crippen LogP contribution in [0.1, 0.15) is 23.7 Å². The Kier molecular flexibility index (Phi) is 7.43. The summed E-state index contributed by atoms with van der Waals surface area (Å²) in [7, 11) is 3.12. The number of hydrogen-bond acceptors (Lipinski definition) is 8. The van der Waals surface area contributed by atoms with Crippen molar-refractivity contribution in [2.75, 3.05) is 19.5 Å². The molecule has 1 unspecified atom stereocenters. The second-order valence-electron chi connectivity index (χ2n) is 6.24. The molecule has 0 aliphatic heterocycles. The predicted molar refractivity (Wildman–Crippen MR) is 118 cm³/mol. The molecule has 0 bridgehead atoms. The molecule has 0 spiro atoms. The van der Waals surface area contributed by atoms with Crippen LogP contribution in [0, 0.1) is 0 Å². The third-order valence-electron chi connectivity index (χ3n) is 4.31. The van der Waals surface area contributed by atoms with Gasteiger partial charge in [0.25, 0.3) is 5.91 Å². The van der Waals surface area contributed by atoms with Gasteiger partial charge < -0.3 is 14.2 Å². The standard InChI is InChI=1S/C21H20ClN3O5S/c1-4-15(30-20(27)13-6-5-9-23-18(13)22)19(26)25-21-24-14(11-31-21)12-7-8-16(28-2)17(10-12)29-3/h5-11,15H,4H2,1-3H3,(H,24,25,26). The number of esters is 1. The van der Waals surface area contributed by atoms with E-state index in [9.17, 15) is 9.59 Å². The van der Waals surface area contributed by atoms with E-state index in [-0.39, 0.29) is 17.1 Å². The number of nitrogens with zero attached hydrogens (tertiary/aromatic N) is 2. The molecule has 0 radical (unpaired) electrons. The third-order valence-corrected chi connectivity index (χ3v) is 5.36. The highest BCUT2D eigenvalue weighted by Crippen LogP contribution is 2.33. The maximum absolute atomic E-state index is 12.6. The molecule has 1 N–H and O–H groups in total. The number of rotatable bonds is 8. The van der Waals surface area contributed by atoms with E-state index in [4.69, 9.17) is 25.8 Å². The fourth-order valence-electron chi connectivity index (χ4n) is 2.70. The maximum Gasteiger partial charge on any atom is 0.342 e. The Bertz CT molecular complexity index is 1090. The molecule has 0 fully saturated rings. The van der Waals surface area contributed by atoms with Gasteiger partial charge in [-0.05, 0) is 36.8 Å². The number of ether oxygens (including phenoxy) is 3. The molecule has 0 saturated carbocycles. The summed E-state index contributed by atoms with van der Waals surface area (Å²) < 4.78 is 15.9. The first-order chi connectivity index (χ1) is 15.0. The van der Waals surface area contributed by atoms with E-state index in [0.717, 1.165) is 5.56 Å². The number of hydrogen-bond donors (Lipinski definition) is 1. The van der Waals surface area contributed by atoms with Gasteiger partial charge in [0.1, 0.15) is 5.15 Å². The van der Waals surface area contributed by atoms with Gasteiger partial charge in [0.15, 0.2) is 22.7 Å². The number of nitrogens with one attached hydrogen (secondary N) is 1. The number of anilines is 1. The Morgan fingerprint density at radius 1 is 1.19 bits per heavy atom. The second kappa shape index (κ2) is 10.2. The lowest BCUT2D eigenvalue weighted by Gasteiger charge is -2.15. The lowest BCUT2D eigenvalue weighted by atomic mass is 10.1. The van der Waals surface area contributed by atoms with E-state index < -0.39 is 18.0 Å². The summed E-state index contributed by atoms with van der Waals surface area (Å²) in [5.41, 5.74) is 1.56. The minimum Gasteiger partial charge on any atom is -0.493 e. The first-order valence-corrected chi connectivity index (χ1v) is 10.5. The summed E-state index contributed by atoms with van der Waals surface area (Å²) in [5, 5.41) is 4.89. The summed E-state index contributed by atoms with van der Waals surface area (Å²) >= 11 is 7.17. The zero-order valence-electron chi connectivity index (χ0n) is 17.0. The monoisotopic (exact) mass is 461 g/mol. The summed E-state index contributed by atoms with van der Waals surface area (Å²) in [4.78, 5) is 33.2. The van der Waals surface area contributed by atoms with Crippen LogP contribution in [-0.4, -0.2) is 42.2 Å². The fourth-order valence-corrected chi connectivity index (χ4v) is 3.62. The molecule has 0 aliphatic carbocycles. The van der Waals surface area contributed by atoms with Crippen molar-refractivity contribution in [1.82, 2.24) is 9.97 Å². The van der Waals surface area contributed by atoms with Crippen LogP contribution in [0.3, 0.4) is 0 Å². The van der Waals surface area contributed by atoms with Gasteiger partial charge in [-0.25, -0.2) is 14.8 Å². The number of carbonyl (C=O) groups excluding carboxylic acids is 2. The maximum atomic E-state index is 12.6. The van der Waals surface area contributed by atoms with E-state index in [1.54, 1.807) is 44.7 Å². The van der Waals surface area contributed by atoms with Crippen molar-refractivity contribution in [2.45, 2.75) is 19.4 Å². The summed E-state index contributed by atoms with van der Waals surface area (Å²) in [6, 6.07) is 8.47. The third kappa shape index (κ3) is 5.31. The van der Waals surface area contributed by atoms with Gasteiger partial charge in [0.05, 0.1) is 25.5 Å². The Hall–Kier alpha value is -3.17. The van der Waals surface area contributed by atoms with Crippen LogP contribution in [0.4, 0.5) is 5.13 Å². The average molecular weight is 462 g/mol. The van der Waals surface area contributed by atoms with Gasteiger partial charge in [0.2, 0.25) is 0 Å². The molecule has 2 heterocycles. The molecule has 162 valence electrons. The molecule has 0 aliphatic rings. The topological polar surface area (TPSA) is 99.6 Å². The fraction of sp³-hybridized carbons (Fsp3) is 0.238. The number of methoxy groups -OCH3 is 2. The summed E-state index contributed by atoms with van der Waals surface area (Å²) in [6.45, 7) is 1.74. The van der Waals surface area contributed by atoms with Gasteiger partial charge in [-0.15, -0.1) is 11.3 Å². The SMILES string of the molecule is CCC(OC(=O)c1cccnc1Cl)C(=O)Nc1nc(-c2ccc(OC)c(OC)c2)cs1. The number of halogens is 1. The molecule has 10 heteroatoms. The average Bonchev–Trinajstić information content (AvgIpc) is 3.25. The van der Waals surface area contributed by atoms with Crippen molar-refractivity contribution in [3.05, 3.63) is 52.6 Å². The van der Waals surface area contributed by atoms with E-state index in [1.807, 2.05) is 6.07 Å². The van der Waals surface area contributed by atoms with E-state index >= 15 is 0 Å². The Balaban J connectivity index is 1.69. The minimum atomic E-state index is -1.00. The van der Waals surface area contributed by atoms with Crippen molar-refractivity contribution < 1.29 is 23.8 Å². The lowest BCUT2D eigenvalue weighted by molar-refractivity contribution is -0.124. The Morgan fingerprint density at radius 2 is 1.97 bits per heavy atom. The molecule has 31 heavy (non-hydrogen) atoms. The van der Waals surface area contributed by atoms with Gasteiger partial charge in [-0.3, -0.25) is 10.1 Å². The zero-order valence-corrected chi connectivity index (χ0v) is 18.6. The molecular formula is C21H20ClN3O5S. The highest BCUT2D eigenvalue weighted by Gasteiger charge is 2.24. The lowest BCUT2D eigenvalue weighted by Crippen LogP contribution is -2.32. The first-order valence-electron chi connectivity index (χ1n) is 9.27. The Morgan fingerprint density at radius 3 is 2.65 bits per heavy atom. The van der Waals surface area contributed by atoms with Crippen LogP contribution < -0.4 is 14.8 Å². The van der Waals surface area contributed by atoms with Crippen LogP contribution in [0.25, 0.3) is 11.3 Å². The largest absolute Gasteiger partial charge is 0.493 e. The van der Waals surface area contributed by atoms with Crippen LogP contribution in [0.15, 0.2) is 41.9 Å². The van der Waals surface area contributed by atoms with Crippen molar-refractivity contribution >= 4 is 39.9 Å². The van der Waals surface area contributed by atoms with Gasteiger partial charge in [0, 0.05) is 17.1 Å². The molecule has 8 nitrogen and oxygen atoms in total. The number of carbonyl (C=O) groups is 2. The van der Waals surface area contributed by atoms with Crippen LogP contribution in [-0.2, 0) is 9.53 Å². The highest BCUT2D eigenvalue weighted by molar-refractivity contribution is 7.14. The highest BCUT2D eigenvalue weighted by atomic mass is 35.5. The van der Waals surface area contributed by atoms with Crippen LogP contribution in [0.5, 0.6) is 11.5 Å². The van der Waals surface area contributed by atoms with Gasteiger partial charge in [-0.2, -0.15) is 0 Å². The van der Waals surface area contributed by atoms with Crippen molar-refractivity contribution in [2.24, 2.45) is 0 Å². The molecule has 1 aromatic carbocycles. The van der Waals surface area contributed by atoms with Crippen molar-refractivity contribution in [3.8, 4) is 22.8 Å². The van der Waals surface area contributed by atoms with Crippen molar-refractivity contribution in [3.63, 3.8) is 0 Å². The number of aromatic nitrogens is 2. The molecule has 0 saturated heterocycles. The predicted octanol–water partition coefficient (Wildman–Crippen LogP) is 4.45. The molecule has 3 aromatic rings. The number of amides is 1. The van der Waals surface area contributed by atoms with Crippen LogP contribution in [0.2, 0.25) is 5.15 Å². The Labute approximate surface area is 188 Å². The molecular weight excluding hydrogens is 442 g/mol. The molecule has 3 rings (SSSR count). The quantitative estimate of drug-likeness (QED) is 0.390. The van der Waals surface area contributed by atoms with Crippen LogP contribution >= 0.6 is 22.9 Å². The number of pyridine rings is 1. The first kappa shape index (κ1) is 22.5. The molecule has 2 aromatic heterocycles. The van der Waals surface area contributed by atoms with E-state index in [2.05, 4.69) is 15.3 Å². The smallest absolute Gasteiger partial charge is 0.342 e. The summed E-state index contributed by atoms with van der Waals surface area (Å²) in [5.74, 6) is -0.0173. The molecule has 1 amide bonds. The van der Waals surface area contributed by atoms with E-state index in [1.165, 1.54) is 23.6 Å². The summed E-state index contributed by atoms with van der Waals surface area (Å²) in [6.07, 6.45) is 0.738. The number of thiazole rings is 1. The zero-order chi connectivity index (χ0) is 22.4. The van der Waals surface area contributed by atoms with Gasteiger partial charge >= 0.3 is 5.97 Å². The normalized spacial score (nSPS) is 11.5. The second-order valence-corrected chi connectivity index (χ2v) is 7.46. The minimum absolute atomic E-state index is 0.0160. The van der Waals surface area contributed by atoms with Gasteiger partial charge in [-0.1, -0.05) is 18.5 Å². The van der Waals surface area contributed by atoms with Crippen molar-refractivity contribution in [1.29, 1.82) is 0 Å².